The molecule has 192 valence electrons. The average Bonchev–Trinajstić information content (AvgIpc) is 2.97. The van der Waals surface area contributed by atoms with Crippen LogP contribution in [-0.4, -0.2) is 33.5 Å². The summed E-state index contributed by atoms with van der Waals surface area (Å²) in [5, 5.41) is 0. The molecular formula is C33H31IN2O2. The van der Waals surface area contributed by atoms with Crippen molar-refractivity contribution in [1.29, 1.82) is 0 Å². The summed E-state index contributed by atoms with van der Waals surface area (Å²) < 4.78 is 12.1. The van der Waals surface area contributed by atoms with Gasteiger partial charge in [0.25, 0.3) is 0 Å². The maximum absolute atomic E-state index is 5.57. The fourth-order valence-electron chi connectivity index (χ4n) is 6.08. The molecule has 0 saturated carbocycles. The van der Waals surface area contributed by atoms with Crippen molar-refractivity contribution in [2.45, 2.75) is 24.7 Å². The zero-order chi connectivity index (χ0) is 26.1. The number of anilines is 1. The molecule has 4 aromatic carbocycles. The van der Waals surface area contributed by atoms with Gasteiger partial charge in [-0.25, -0.2) is 0 Å². The van der Waals surface area contributed by atoms with Crippen LogP contribution in [0, 0.1) is 3.57 Å². The number of hydrogen-bond acceptors (Lipinski definition) is 4. The topological polar surface area (TPSA) is 34.1 Å². The van der Waals surface area contributed by atoms with E-state index in [0.29, 0.717) is 17.6 Å². The first-order chi connectivity index (χ1) is 18.7. The van der Waals surface area contributed by atoms with E-state index >= 15 is 0 Å². The summed E-state index contributed by atoms with van der Waals surface area (Å²) in [6.45, 7) is 2.18. The molecule has 2 atom stereocenters. The number of rotatable bonds is 6. The van der Waals surface area contributed by atoms with Crippen molar-refractivity contribution in [2.24, 2.45) is 4.99 Å². The van der Waals surface area contributed by atoms with Gasteiger partial charge in [0.15, 0.2) is 11.5 Å². The van der Waals surface area contributed by atoms with Gasteiger partial charge >= 0.3 is 0 Å². The lowest BCUT2D eigenvalue weighted by Gasteiger charge is -2.43. The molecular weight excluding hydrogens is 583 g/mol. The molecule has 0 N–H and O–H groups in total. The van der Waals surface area contributed by atoms with Gasteiger partial charge in [0.2, 0.25) is 0 Å². The number of aliphatic imine (C=N–C) groups is 1. The molecule has 0 saturated heterocycles. The number of nitrogens with zero attached hydrogens (tertiary/aromatic N) is 2. The Morgan fingerprint density at radius 1 is 0.789 bits per heavy atom. The Kier molecular flexibility index (Phi) is 7.11. The second kappa shape index (κ2) is 10.8. The maximum atomic E-state index is 5.57. The molecule has 2 aliphatic heterocycles. The van der Waals surface area contributed by atoms with Gasteiger partial charge in [-0.1, -0.05) is 60.7 Å². The summed E-state index contributed by atoms with van der Waals surface area (Å²) in [6.07, 6.45) is 4.18. The van der Waals surface area contributed by atoms with E-state index in [9.17, 15) is 0 Å². The van der Waals surface area contributed by atoms with E-state index in [-0.39, 0.29) is 0 Å². The molecule has 2 heterocycles. The largest absolute Gasteiger partial charge is 0.493 e. The average molecular weight is 615 g/mol. The van der Waals surface area contributed by atoms with E-state index < -0.39 is 0 Å². The van der Waals surface area contributed by atoms with Crippen LogP contribution in [-0.2, 0) is 0 Å². The van der Waals surface area contributed by atoms with Crippen molar-refractivity contribution in [3.8, 4) is 11.5 Å². The van der Waals surface area contributed by atoms with Crippen LogP contribution in [0.5, 0.6) is 11.5 Å². The predicted molar refractivity (Wildman–Crippen MR) is 164 cm³/mol. The highest BCUT2D eigenvalue weighted by molar-refractivity contribution is 14.1. The lowest BCUT2D eigenvalue weighted by atomic mass is 9.76. The monoisotopic (exact) mass is 614 g/mol. The van der Waals surface area contributed by atoms with Crippen LogP contribution in [0.4, 0.5) is 11.4 Å². The molecule has 0 unspecified atom stereocenters. The lowest BCUT2D eigenvalue weighted by Crippen LogP contribution is -2.37. The van der Waals surface area contributed by atoms with Crippen LogP contribution in [0.2, 0.25) is 0 Å². The summed E-state index contributed by atoms with van der Waals surface area (Å²) in [7, 11) is 3.34. The summed E-state index contributed by atoms with van der Waals surface area (Å²) in [5.41, 5.74) is 8.96. The number of hydrogen-bond donors (Lipinski definition) is 0. The SMILES string of the molecule is COc1cc(C=Nc2cc3c4c(c2)[C@H](c2ccccc2)CCN4CC[C@@H]3c2ccccc2)cc(I)c1OC. The first kappa shape index (κ1) is 25.0. The highest BCUT2D eigenvalue weighted by Gasteiger charge is 2.35. The van der Waals surface area contributed by atoms with Gasteiger partial charge in [0.1, 0.15) is 0 Å². The van der Waals surface area contributed by atoms with E-state index in [4.69, 9.17) is 14.5 Å². The third kappa shape index (κ3) is 4.68. The van der Waals surface area contributed by atoms with Gasteiger partial charge in [0, 0.05) is 36.8 Å². The molecule has 0 radical (unpaired) electrons. The Morgan fingerprint density at radius 2 is 1.37 bits per heavy atom. The molecule has 5 heteroatoms. The van der Waals surface area contributed by atoms with Crippen molar-refractivity contribution in [3.05, 3.63) is 116 Å². The van der Waals surface area contributed by atoms with E-state index in [1.165, 1.54) is 27.9 Å². The lowest BCUT2D eigenvalue weighted by molar-refractivity contribution is 0.353. The zero-order valence-corrected chi connectivity index (χ0v) is 23.9. The Morgan fingerprint density at radius 3 is 1.89 bits per heavy atom. The molecule has 4 aromatic rings. The van der Waals surface area contributed by atoms with E-state index in [0.717, 1.165) is 46.5 Å². The van der Waals surface area contributed by atoms with Crippen molar-refractivity contribution in [1.82, 2.24) is 0 Å². The Hall–Kier alpha value is -3.32. The third-order valence-electron chi connectivity index (χ3n) is 7.82. The standard InChI is InChI=1S/C33H31IN2O2/c1-37-31-18-22(17-30(34)33(31)38-2)21-35-25-19-28-26(23-9-5-3-6-10-23)13-15-36-16-14-27(29(20-25)32(28)36)24-11-7-4-8-12-24/h3-12,17-21,26-27H,13-16H2,1-2H3/t26-,27+. The molecule has 0 bridgehead atoms. The van der Waals surface area contributed by atoms with Crippen molar-refractivity contribution in [3.63, 3.8) is 0 Å². The molecule has 38 heavy (non-hydrogen) atoms. The van der Waals surface area contributed by atoms with Gasteiger partial charge in [-0.05, 0) is 87.5 Å². The van der Waals surface area contributed by atoms with E-state index in [1.54, 1.807) is 14.2 Å². The number of halogens is 1. The van der Waals surface area contributed by atoms with Crippen molar-refractivity contribution in [2.75, 3.05) is 32.2 Å². The minimum Gasteiger partial charge on any atom is -0.493 e. The Labute approximate surface area is 238 Å². The van der Waals surface area contributed by atoms with Gasteiger partial charge in [-0.3, -0.25) is 4.99 Å². The van der Waals surface area contributed by atoms with Crippen LogP contribution < -0.4 is 14.4 Å². The molecule has 0 aromatic heterocycles. The minimum atomic E-state index is 0.368. The summed E-state index contributed by atoms with van der Waals surface area (Å²) in [4.78, 5) is 7.63. The van der Waals surface area contributed by atoms with Crippen LogP contribution in [0.1, 0.15) is 52.5 Å². The predicted octanol–water partition coefficient (Wildman–Crippen LogP) is 7.94. The van der Waals surface area contributed by atoms with Gasteiger partial charge in [-0.2, -0.15) is 0 Å². The van der Waals surface area contributed by atoms with Gasteiger partial charge in [0.05, 0.1) is 23.5 Å². The van der Waals surface area contributed by atoms with Crippen LogP contribution >= 0.6 is 22.6 Å². The summed E-state index contributed by atoms with van der Waals surface area (Å²) in [5.74, 6) is 2.20. The molecule has 4 nitrogen and oxygen atoms in total. The fraction of sp³-hybridized carbons (Fsp3) is 0.242. The quantitative estimate of drug-likeness (QED) is 0.163. The maximum Gasteiger partial charge on any atom is 0.174 e. The first-order valence-corrected chi connectivity index (χ1v) is 14.2. The van der Waals surface area contributed by atoms with E-state index in [2.05, 4.69) is 106 Å². The van der Waals surface area contributed by atoms with E-state index in [1.807, 2.05) is 12.3 Å². The Bertz CT molecular complexity index is 1400. The number of ether oxygens (including phenoxy) is 2. The second-order valence-electron chi connectivity index (χ2n) is 9.96. The van der Waals surface area contributed by atoms with Crippen molar-refractivity contribution >= 4 is 40.2 Å². The number of methoxy groups -OCH3 is 2. The first-order valence-electron chi connectivity index (χ1n) is 13.1. The third-order valence-corrected chi connectivity index (χ3v) is 8.62. The smallest absolute Gasteiger partial charge is 0.174 e. The minimum absolute atomic E-state index is 0.368. The highest BCUT2D eigenvalue weighted by Crippen LogP contribution is 2.50. The molecule has 2 aliphatic rings. The normalized spacial score (nSPS) is 18.3. The zero-order valence-electron chi connectivity index (χ0n) is 21.7. The molecule has 0 fully saturated rings. The molecule has 6 rings (SSSR count). The number of benzene rings is 4. The second-order valence-corrected chi connectivity index (χ2v) is 11.1. The Balaban J connectivity index is 1.48. The van der Waals surface area contributed by atoms with Crippen LogP contribution in [0.3, 0.4) is 0 Å². The molecule has 0 spiro atoms. The highest BCUT2D eigenvalue weighted by atomic mass is 127. The van der Waals surface area contributed by atoms with Crippen LogP contribution in [0.25, 0.3) is 0 Å². The van der Waals surface area contributed by atoms with Gasteiger partial charge < -0.3 is 14.4 Å². The van der Waals surface area contributed by atoms with Crippen molar-refractivity contribution < 1.29 is 9.47 Å². The summed E-state index contributed by atoms with van der Waals surface area (Å²) in [6, 6.07) is 30.6. The van der Waals surface area contributed by atoms with Crippen LogP contribution in [0.15, 0.2) is 89.9 Å². The molecule has 0 amide bonds. The fourth-order valence-corrected chi connectivity index (χ4v) is 6.92. The summed E-state index contributed by atoms with van der Waals surface area (Å²) >= 11 is 2.28. The molecule has 0 aliphatic carbocycles. The van der Waals surface area contributed by atoms with Gasteiger partial charge in [-0.15, -0.1) is 0 Å².